The molecule has 1 heterocycles. The van der Waals surface area contributed by atoms with Crippen LogP contribution in [0.15, 0.2) is 58.1 Å². The number of aromatic amines is 1. The molecular weight excluding hydrogens is 400 g/mol. The number of nitrogens with zero attached hydrogens (tertiary/aromatic N) is 2. The molecule has 3 N–H and O–H groups in total. The second-order valence-electron chi connectivity index (χ2n) is 5.30. The van der Waals surface area contributed by atoms with Crippen molar-refractivity contribution in [1.82, 2.24) is 15.6 Å². The van der Waals surface area contributed by atoms with Crippen molar-refractivity contribution < 1.29 is 14.6 Å². The molecular formula is C18H15BrN4O3. The molecule has 0 atom stereocenters. The van der Waals surface area contributed by atoms with Crippen molar-refractivity contribution >= 4 is 28.1 Å². The number of phenolic OH excluding ortho intramolecular Hbond substituents is 1. The van der Waals surface area contributed by atoms with Gasteiger partial charge in [-0.05, 0) is 36.4 Å². The lowest BCUT2D eigenvalue weighted by Crippen LogP contribution is -2.18. The van der Waals surface area contributed by atoms with Crippen LogP contribution in [0.4, 0.5) is 0 Å². The second-order valence-corrected chi connectivity index (χ2v) is 6.22. The van der Waals surface area contributed by atoms with Crippen LogP contribution in [0.25, 0.3) is 11.3 Å². The highest BCUT2D eigenvalue weighted by Gasteiger charge is 2.11. The number of carbonyl (C=O) groups is 1. The molecule has 0 radical (unpaired) electrons. The number of aromatic nitrogens is 2. The van der Waals surface area contributed by atoms with Crippen molar-refractivity contribution in [2.45, 2.75) is 0 Å². The first-order valence-corrected chi connectivity index (χ1v) is 8.38. The highest BCUT2D eigenvalue weighted by atomic mass is 79.9. The third-order valence-corrected chi connectivity index (χ3v) is 4.04. The number of ether oxygens (including phenoxy) is 1. The van der Waals surface area contributed by atoms with Gasteiger partial charge in [-0.2, -0.15) is 10.2 Å². The Hall–Kier alpha value is -3.13. The number of rotatable bonds is 5. The molecule has 0 unspecified atom stereocenters. The first-order chi connectivity index (χ1) is 12.6. The SMILES string of the molecule is COc1cccc(-c2cc(C(=O)NN=Cc3cc(Br)ccc3O)[nH]n2)c1. The van der Waals surface area contributed by atoms with Gasteiger partial charge < -0.3 is 9.84 Å². The maximum absolute atomic E-state index is 12.2. The van der Waals surface area contributed by atoms with E-state index in [2.05, 4.69) is 36.7 Å². The number of halogens is 1. The molecule has 0 aliphatic heterocycles. The van der Waals surface area contributed by atoms with Crippen LogP contribution in [-0.4, -0.2) is 34.5 Å². The molecule has 0 saturated heterocycles. The summed E-state index contributed by atoms with van der Waals surface area (Å²) in [5.74, 6) is 0.320. The number of H-pyrrole nitrogens is 1. The molecule has 0 aliphatic carbocycles. The number of amides is 1. The lowest BCUT2D eigenvalue weighted by Gasteiger charge is -2.01. The Bertz CT molecular complexity index is 969. The smallest absolute Gasteiger partial charge is 0.289 e. The zero-order chi connectivity index (χ0) is 18.5. The molecule has 2 aromatic carbocycles. The fraction of sp³-hybridized carbons (Fsp3) is 0.0556. The first-order valence-electron chi connectivity index (χ1n) is 7.58. The number of hydrazone groups is 1. The van der Waals surface area contributed by atoms with Crippen molar-refractivity contribution in [1.29, 1.82) is 0 Å². The van der Waals surface area contributed by atoms with E-state index in [1.165, 1.54) is 12.3 Å². The largest absolute Gasteiger partial charge is 0.507 e. The van der Waals surface area contributed by atoms with E-state index in [1.54, 1.807) is 25.3 Å². The van der Waals surface area contributed by atoms with Gasteiger partial charge in [-0.25, -0.2) is 5.43 Å². The number of hydrogen-bond acceptors (Lipinski definition) is 5. The minimum absolute atomic E-state index is 0.0630. The van der Waals surface area contributed by atoms with Crippen LogP contribution in [0.5, 0.6) is 11.5 Å². The van der Waals surface area contributed by atoms with Crippen molar-refractivity contribution in [2.75, 3.05) is 7.11 Å². The Morgan fingerprint density at radius 1 is 1.31 bits per heavy atom. The van der Waals surface area contributed by atoms with Gasteiger partial charge in [-0.1, -0.05) is 28.1 Å². The molecule has 0 saturated carbocycles. The molecule has 3 rings (SSSR count). The molecule has 132 valence electrons. The Kier molecular flexibility index (Phi) is 5.33. The zero-order valence-electron chi connectivity index (χ0n) is 13.7. The van der Waals surface area contributed by atoms with Gasteiger partial charge in [0.15, 0.2) is 0 Å². The van der Waals surface area contributed by atoms with Crippen LogP contribution in [0.2, 0.25) is 0 Å². The lowest BCUT2D eigenvalue weighted by atomic mass is 10.1. The highest BCUT2D eigenvalue weighted by Crippen LogP contribution is 2.22. The van der Waals surface area contributed by atoms with Gasteiger partial charge >= 0.3 is 0 Å². The molecule has 0 aliphatic rings. The van der Waals surface area contributed by atoms with Gasteiger partial charge in [-0.3, -0.25) is 9.89 Å². The summed E-state index contributed by atoms with van der Waals surface area (Å²) in [4.78, 5) is 12.2. The van der Waals surface area contributed by atoms with E-state index >= 15 is 0 Å². The van der Waals surface area contributed by atoms with Crippen LogP contribution < -0.4 is 10.2 Å². The predicted molar refractivity (Wildman–Crippen MR) is 101 cm³/mol. The maximum Gasteiger partial charge on any atom is 0.289 e. The van der Waals surface area contributed by atoms with Crippen molar-refractivity contribution in [3.8, 4) is 22.8 Å². The van der Waals surface area contributed by atoms with Gasteiger partial charge in [0.05, 0.1) is 19.0 Å². The summed E-state index contributed by atoms with van der Waals surface area (Å²) in [6.45, 7) is 0. The first kappa shape index (κ1) is 17.7. The normalized spacial score (nSPS) is 10.8. The Morgan fingerprint density at radius 2 is 2.15 bits per heavy atom. The summed E-state index contributed by atoms with van der Waals surface area (Å²) >= 11 is 3.31. The summed E-state index contributed by atoms with van der Waals surface area (Å²) in [6.07, 6.45) is 1.36. The van der Waals surface area contributed by atoms with Crippen LogP contribution in [0, 0.1) is 0 Å². The number of aromatic hydroxyl groups is 1. The van der Waals surface area contributed by atoms with Gasteiger partial charge in [0.1, 0.15) is 17.2 Å². The molecule has 0 bridgehead atoms. The number of methoxy groups -OCH3 is 1. The van der Waals surface area contributed by atoms with Crippen LogP contribution in [0.1, 0.15) is 16.1 Å². The standard InChI is InChI=1S/C18H15BrN4O3/c1-26-14-4-2-3-11(8-14)15-9-16(22-21-15)18(25)23-20-10-12-7-13(19)5-6-17(12)24/h2-10,24H,1H3,(H,21,22)(H,23,25). The molecule has 3 aromatic rings. The summed E-state index contributed by atoms with van der Waals surface area (Å²) in [5.41, 5.74) is 4.56. The fourth-order valence-corrected chi connectivity index (χ4v) is 2.60. The van der Waals surface area contributed by atoms with Gasteiger partial charge in [0.2, 0.25) is 0 Å². The zero-order valence-corrected chi connectivity index (χ0v) is 15.3. The van der Waals surface area contributed by atoms with Crippen molar-refractivity contribution in [2.24, 2.45) is 5.10 Å². The number of phenols is 1. The van der Waals surface area contributed by atoms with E-state index in [9.17, 15) is 9.90 Å². The average molecular weight is 415 g/mol. The Labute approximate surface area is 157 Å². The van der Waals surface area contributed by atoms with Gasteiger partial charge in [-0.15, -0.1) is 0 Å². The Morgan fingerprint density at radius 3 is 2.96 bits per heavy atom. The van der Waals surface area contributed by atoms with E-state index in [4.69, 9.17) is 4.74 Å². The molecule has 1 aromatic heterocycles. The van der Waals surface area contributed by atoms with E-state index in [0.717, 1.165) is 10.0 Å². The van der Waals surface area contributed by atoms with E-state index in [-0.39, 0.29) is 11.4 Å². The molecule has 7 nitrogen and oxygen atoms in total. The maximum atomic E-state index is 12.2. The third kappa shape index (κ3) is 4.09. The van der Waals surface area contributed by atoms with Gasteiger partial charge in [0.25, 0.3) is 5.91 Å². The molecule has 8 heteroatoms. The van der Waals surface area contributed by atoms with Crippen LogP contribution in [0.3, 0.4) is 0 Å². The topological polar surface area (TPSA) is 99.6 Å². The molecule has 0 fully saturated rings. The van der Waals surface area contributed by atoms with Crippen molar-refractivity contribution in [3.63, 3.8) is 0 Å². The van der Waals surface area contributed by atoms with Crippen LogP contribution in [-0.2, 0) is 0 Å². The number of carbonyl (C=O) groups excluding carboxylic acids is 1. The lowest BCUT2D eigenvalue weighted by molar-refractivity contribution is 0.0950. The quantitative estimate of drug-likeness (QED) is 0.440. The average Bonchev–Trinajstić information content (AvgIpc) is 3.15. The van der Waals surface area contributed by atoms with E-state index in [1.807, 2.05) is 24.3 Å². The Balaban J connectivity index is 1.70. The summed E-state index contributed by atoms with van der Waals surface area (Å²) < 4.78 is 5.97. The molecule has 0 spiro atoms. The number of hydrogen-bond donors (Lipinski definition) is 3. The molecule has 1 amide bonds. The molecule has 26 heavy (non-hydrogen) atoms. The summed E-state index contributed by atoms with van der Waals surface area (Å²) in [6, 6.07) is 13.9. The van der Waals surface area contributed by atoms with Gasteiger partial charge in [0, 0.05) is 15.6 Å². The minimum atomic E-state index is -0.447. The van der Waals surface area contributed by atoms with E-state index < -0.39 is 5.91 Å². The fourth-order valence-electron chi connectivity index (χ4n) is 2.22. The predicted octanol–water partition coefficient (Wildman–Crippen LogP) is 3.32. The highest BCUT2D eigenvalue weighted by molar-refractivity contribution is 9.10. The summed E-state index contributed by atoms with van der Waals surface area (Å²) in [7, 11) is 1.59. The second kappa shape index (κ2) is 7.83. The van der Waals surface area contributed by atoms with Crippen LogP contribution >= 0.6 is 15.9 Å². The van der Waals surface area contributed by atoms with Crippen molar-refractivity contribution in [3.05, 3.63) is 64.3 Å². The number of benzene rings is 2. The minimum Gasteiger partial charge on any atom is -0.507 e. The van der Waals surface area contributed by atoms with E-state index in [0.29, 0.717) is 17.0 Å². The number of nitrogens with one attached hydrogen (secondary N) is 2. The third-order valence-electron chi connectivity index (χ3n) is 3.55. The monoisotopic (exact) mass is 414 g/mol. The summed E-state index contributed by atoms with van der Waals surface area (Å²) in [5, 5.41) is 20.4.